The Hall–Kier alpha value is -0.945. The van der Waals surface area contributed by atoms with Gasteiger partial charge in [-0.2, -0.15) is 5.10 Å². The van der Waals surface area contributed by atoms with E-state index in [1.165, 1.54) is 18.4 Å². The van der Waals surface area contributed by atoms with Crippen molar-refractivity contribution in [1.29, 1.82) is 0 Å². The van der Waals surface area contributed by atoms with Crippen LogP contribution in [0.5, 0.6) is 0 Å². The molecule has 4 nitrogen and oxygen atoms in total. The van der Waals surface area contributed by atoms with Crippen LogP contribution >= 0.6 is 0 Å². The minimum atomic E-state index is -2.82. The van der Waals surface area contributed by atoms with Crippen molar-refractivity contribution in [2.75, 3.05) is 0 Å². The summed E-state index contributed by atoms with van der Waals surface area (Å²) in [5, 5.41) is 13.9. The Morgan fingerprint density at radius 1 is 1.30 bits per heavy atom. The summed E-state index contributed by atoms with van der Waals surface area (Å²) in [5.74, 6) is -2.82. The third-order valence-corrected chi connectivity index (χ3v) is 3.52. The lowest BCUT2D eigenvalue weighted by atomic mass is 9.83. The van der Waals surface area contributed by atoms with Gasteiger partial charge in [0.2, 0.25) is 0 Å². The molecule has 0 aliphatic carbocycles. The second-order valence-corrected chi connectivity index (χ2v) is 6.22. The third-order valence-electron chi connectivity index (χ3n) is 3.52. The zero-order valence-corrected chi connectivity index (χ0v) is 12.9. The molecule has 113 valence electrons. The van der Waals surface area contributed by atoms with Crippen LogP contribution < -0.4 is 5.46 Å². The number of halogens is 2. The number of alkyl halides is 2. The second kappa shape index (κ2) is 5.45. The molecule has 0 unspecified atom stereocenters. The van der Waals surface area contributed by atoms with E-state index in [9.17, 15) is 13.9 Å². The van der Waals surface area contributed by atoms with Crippen molar-refractivity contribution in [1.82, 2.24) is 9.78 Å². The summed E-state index contributed by atoms with van der Waals surface area (Å²) in [6.07, 6.45) is 1.47. The van der Waals surface area contributed by atoms with Crippen molar-refractivity contribution < 1.29 is 18.5 Å². The Morgan fingerprint density at radius 2 is 1.85 bits per heavy atom. The van der Waals surface area contributed by atoms with E-state index in [-0.39, 0.29) is 0 Å². The highest BCUT2D eigenvalue weighted by molar-refractivity contribution is 6.47. The number of hydrogen-bond acceptors (Lipinski definition) is 3. The van der Waals surface area contributed by atoms with Crippen LogP contribution in [0.1, 0.15) is 40.3 Å². The fraction of sp³-hybridized carbons (Fsp3) is 0.769. The molecular weight excluding hydrogens is 265 g/mol. The van der Waals surface area contributed by atoms with Gasteiger partial charge in [0.1, 0.15) is 6.54 Å². The van der Waals surface area contributed by atoms with Crippen LogP contribution in [0.25, 0.3) is 0 Å². The Labute approximate surface area is 119 Å². The average Bonchev–Trinajstić information content (AvgIpc) is 2.54. The molecule has 0 saturated carbocycles. The maximum absolute atomic E-state index is 13.0. The van der Waals surface area contributed by atoms with Gasteiger partial charge in [0, 0.05) is 18.8 Å². The lowest BCUT2D eigenvalue weighted by Crippen LogP contribution is -2.49. The predicted molar refractivity (Wildman–Crippen MR) is 74.4 cm³/mol. The van der Waals surface area contributed by atoms with Crippen molar-refractivity contribution in [2.24, 2.45) is 0 Å². The Balaban J connectivity index is 2.76. The van der Waals surface area contributed by atoms with Crippen LogP contribution in [-0.2, 0) is 11.2 Å². The molecule has 0 spiro atoms. The molecule has 7 heteroatoms. The molecule has 0 aliphatic rings. The van der Waals surface area contributed by atoms with Gasteiger partial charge in [-0.25, -0.2) is 8.78 Å². The summed E-state index contributed by atoms with van der Waals surface area (Å²) in [7, 11) is 1.45. The minimum absolute atomic E-state index is 0.471. The molecule has 1 aromatic heterocycles. The first kappa shape index (κ1) is 17.1. The second-order valence-electron chi connectivity index (χ2n) is 6.22. The largest absolute Gasteiger partial charge is 0.426 e. The van der Waals surface area contributed by atoms with Gasteiger partial charge in [-0.1, -0.05) is 0 Å². The highest BCUT2D eigenvalue weighted by atomic mass is 19.3. The van der Waals surface area contributed by atoms with Gasteiger partial charge in [-0.15, -0.1) is 0 Å². The van der Waals surface area contributed by atoms with E-state index in [1.807, 2.05) is 0 Å². The number of hydrogen-bond donors (Lipinski definition) is 1. The van der Waals surface area contributed by atoms with Gasteiger partial charge in [0.15, 0.2) is 0 Å². The predicted octanol–water partition coefficient (Wildman–Crippen LogP) is 1.66. The number of nitrogens with zero attached hydrogens (tertiary/aromatic N) is 2. The highest BCUT2D eigenvalue weighted by Crippen LogP contribution is 2.24. The summed E-state index contributed by atoms with van der Waals surface area (Å²) in [4.78, 5) is 0. The van der Waals surface area contributed by atoms with Crippen molar-refractivity contribution >= 4 is 12.9 Å². The maximum atomic E-state index is 13.0. The minimum Gasteiger partial charge on any atom is -0.426 e. The van der Waals surface area contributed by atoms with Crippen LogP contribution in [0.2, 0.25) is 0 Å². The summed E-state index contributed by atoms with van der Waals surface area (Å²) in [6.45, 7) is 8.88. The van der Waals surface area contributed by atoms with Gasteiger partial charge >= 0.3 is 7.48 Å². The maximum Gasteiger partial charge on any atom is 0.334 e. The topological polar surface area (TPSA) is 47.3 Å². The van der Waals surface area contributed by atoms with Crippen molar-refractivity contribution in [3.8, 4) is 0 Å². The molecule has 20 heavy (non-hydrogen) atoms. The van der Waals surface area contributed by atoms with Crippen LogP contribution in [0.3, 0.4) is 0 Å². The van der Waals surface area contributed by atoms with E-state index in [2.05, 4.69) is 5.10 Å². The van der Waals surface area contributed by atoms with E-state index in [0.29, 0.717) is 11.2 Å². The van der Waals surface area contributed by atoms with Gasteiger partial charge in [0.05, 0.1) is 11.2 Å². The first-order valence-electron chi connectivity index (χ1n) is 6.47. The van der Waals surface area contributed by atoms with Crippen LogP contribution in [0, 0.1) is 6.92 Å². The molecule has 0 amide bonds. The molecule has 1 N–H and O–H groups in total. The van der Waals surface area contributed by atoms with E-state index >= 15 is 0 Å². The number of aliphatic hydroxyl groups is 1. The van der Waals surface area contributed by atoms with Crippen molar-refractivity contribution in [3.63, 3.8) is 0 Å². The molecule has 1 radical (unpaired) electrons. The summed E-state index contributed by atoms with van der Waals surface area (Å²) < 4.78 is 32.8. The molecule has 1 rings (SSSR count). The normalized spacial score (nSPS) is 13.7. The van der Waals surface area contributed by atoms with Gasteiger partial charge in [0.25, 0.3) is 5.92 Å². The first-order valence-corrected chi connectivity index (χ1v) is 6.47. The van der Waals surface area contributed by atoms with E-state index in [0.717, 1.165) is 6.92 Å². The quantitative estimate of drug-likeness (QED) is 0.809. The molecule has 1 aromatic rings. The van der Waals surface area contributed by atoms with Gasteiger partial charge in [-0.05, 0) is 40.1 Å². The van der Waals surface area contributed by atoms with Gasteiger partial charge in [-0.3, -0.25) is 4.68 Å². The lowest BCUT2D eigenvalue weighted by Gasteiger charge is -2.37. The molecule has 1 heterocycles. The molecule has 0 fully saturated rings. The van der Waals surface area contributed by atoms with Crippen LogP contribution in [0.15, 0.2) is 6.20 Å². The number of aromatic nitrogens is 2. The fourth-order valence-corrected chi connectivity index (χ4v) is 1.35. The smallest absolute Gasteiger partial charge is 0.334 e. The van der Waals surface area contributed by atoms with Crippen molar-refractivity contribution in [2.45, 2.75) is 65.2 Å². The zero-order valence-electron chi connectivity index (χ0n) is 12.9. The van der Waals surface area contributed by atoms with Crippen LogP contribution in [0.4, 0.5) is 8.78 Å². The zero-order chi connectivity index (χ0) is 15.8. The molecule has 0 atom stereocenters. The standard InChI is InChI=1S/C13H22BF2N2O2/c1-9-10(7-17-18(9)8-13(6,15)16)14-20-12(4,5)11(2,3)19/h7,19H,8H2,1-6H3. The van der Waals surface area contributed by atoms with E-state index in [4.69, 9.17) is 4.65 Å². The Morgan fingerprint density at radius 3 is 2.30 bits per heavy atom. The molecule has 0 saturated heterocycles. The lowest BCUT2D eigenvalue weighted by molar-refractivity contribution is -0.0893. The van der Waals surface area contributed by atoms with E-state index < -0.39 is 23.7 Å². The Kier molecular flexibility index (Phi) is 4.66. The molecule has 0 aromatic carbocycles. The summed E-state index contributed by atoms with van der Waals surface area (Å²) in [5.41, 5.74) is -0.635. The monoisotopic (exact) mass is 287 g/mol. The first-order chi connectivity index (χ1) is 8.83. The molecule has 0 aliphatic heterocycles. The van der Waals surface area contributed by atoms with Crippen molar-refractivity contribution in [3.05, 3.63) is 11.9 Å². The summed E-state index contributed by atoms with van der Waals surface area (Å²) in [6, 6.07) is 0. The highest BCUT2D eigenvalue weighted by Gasteiger charge is 2.36. The fourth-order valence-electron chi connectivity index (χ4n) is 1.35. The average molecular weight is 287 g/mol. The number of rotatable bonds is 6. The SMILES string of the molecule is Cc1c([B]OC(C)(C)C(C)(C)O)cnn1CC(C)(F)F. The van der Waals surface area contributed by atoms with Gasteiger partial charge < -0.3 is 9.76 Å². The van der Waals surface area contributed by atoms with E-state index in [1.54, 1.807) is 34.6 Å². The van der Waals surface area contributed by atoms with Crippen LogP contribution in [-0.4, -0.2) is 39.5 Å². The summed E-state index contributed by atoms with van der Waals surface area (Å²) >= 11 is 0. The Bertz CT molecular complexity index is 462. The third kappa shape index (κ3) is 4.28. The molecular formula is C13H22BF2N2O2. The molecule has 0 bridgehead atoms.